The van der Waals surface area contributed by atoms with Gasteiger partial charge in [0.05, 0.1) is 19.1 Å². The van der Waals surface area contributed by atoms with Gasteiger partial charge in [-0.2, -0.15) is 0 Å². The molecule has 0 atom stereocenters. The molecule has 0 radical (unpaired) electrons. The van der Waals surface area contributed by atoms with Crippen molar-refractivity contribution < 1.29 is 23.9 Å². The van der Waals surface area contributed by atoms with Gasteiger partial charge in [0.2, 0.25) is 5.91 Å². The van der Waals surface area contributed by atoms with Crippen LogP contribution in [-0.2, 0) is 9.59 Å². The normalized spacial score (nSPS) is 19.1. The molecule has 0 aliphatic carbocycles. The lowest BCUT2D eigenvalue weighted by Crippen LogP contribution is -2.42. The van der Waals surface area contributed by atoms with Crippen molar-refractivity contribution >= 4 is 34.9 Å². The Balaban J connectivity index is 1.72. The highest BCUT2D eigenvalue weighted by molar-refractivity contribution is 8.18. The summed E-state index contributed by atoms with van der Waals surface area (Å²) in [5.41, 5.74) is 0.710. The summed E-state index contributed by atoms with van der Waals surface area (Å²) >= 11 is 0.849. The Morgan fingerprint density at radius 1 is 1.07 bits per heavy atom. The van der Waals surface area contributed by atoms with Gasteiger partial charge in [-0.1, -0.05) is 18.9 Å². The van der Waals surface area contributed by atoms with Crippen molar-refractivity contribution in [1.29, 1.82) is 0 Å². The Hall–Kier alpha value is -2.48. The quantitative estimate of drug-likeness (QED) is 0.702. The number of carbonyl (C=O) groups excluding carboxylic acids is 3. The molecule has 2 aliphatic heterocycles. The van der Waals surface area contributed by atoms with Gasteiger partial charge in [-0.05, 0) is 48.4 Å². The molecular weight excluding hydrogens is 380 g/mol. The van der Waals surface area contributed by atoms with Gasteiger partial charge in [0.1, 0.15) is 6.54 Å². The van der Waals surface area contributed by atoms with Crippen molar-refractivity contribution in [2.75, 3.05) is 33.9 Å². The van der Waals surface area contributed by atoms with Crippen LogP contribution in [0.25, 0.3) is 6.08 Å². The van der Waals surface area contributed by atoms with Gasteiger partial charge in [-0.3, -0.25) is 19.3 Å². The molecule has 150 valence electrons. The van der Waals surface area contributed by atoms with Crippen LogP contribution in [0.2, 0.25) is 0 Å². The third-order valence-corrected chi connectivity index (χ3v) is 5.74. The molecular formula is C20H24N2O5S. The molecule has 2 fully saturated rings. The Morgan fingerprint density at radius 2 is 1.75 bits per heavy atom. The molecule has 0 saturated carbocycles. The first kappa shape index (κ1) is 20.3. The van der Waals surface area contributed by atoms with Crippen molar-refractivity contribution in [2.45, 2.75) is 25.7 Å². The van der Waals surface area contributed by atoms with Gasteiger partial charge in [0, 0.05) is 13.1 Å². The third kappa shape index (κ3) is 4.49. The first-order valence-electron chi connectivity index (χ1n) is 9.28. The summed E-state index contributed by atoms with van der Waals surface area (Å²) in [6.45, 7) is 1.18. The van der Waals surface area contributed by atoms with Gasteiger partial charge in [-0.15, -0.1) is 0 Å². The second-order valence-electron chi connectivity index (χ2n) is 6.68. The maximum Gasteiger partial charge on any atom is 0.294 e. The van der Waals surface area contributed by atoms with Gasteiger partial charge in [0.15, 0.2) is 11.5 Å². The van der Waals surface area contributed by atoms with Crippen LogP contribution in [-0.4, -0.2) is 60.7 Å². The maximum atomic E-state index is 12.7. The number of rotatable bonds is 5. The highest BCUT2D eigenvalue weighted by atomic mass is 32.2. The lowest BCUT2D eigenvalue weighted by Gasteiger charge is -2.22. The molecule has 0 bridgehead atoms. The lowest BCUT2D eigenvalue weighted by atomic mass is 10.2. The Bertz CT molecular complexity index is 800. The lowest BCUT2D eigenvalue weighted by molar-refractivity contribution is -0.135. The van der Waals surface area contributed by atoms with E-state index >= 15 is 0 Å². The number of ether oxygens (including phenoxy) is 2. The largest absolute Gasteiger partial charge is 0.493 e. The highest BCUT2D eigenvalue weighted by Crippen LogP contribution is 2.34. The molecule has 3 rings (SSSR count). The van der Waals surface area contributed by atoms with Crippen LogP contribution in [0, 0.1) is 0 Å². The van der Waals surface area contributed by atoms with Gasteiger partial charge >= 0.3 is 0 Å². The van der Waals surface area contributed by atoms with E-state index in [0.29, 0.717) is 35.1 Å². The molecule has 1 aromatic rings. The van der Waals surface area contributed by atoms with Crippen LogP contribution in [0.3, 0.4) is 0 Å². The summed E-state index contributed by atoms with van der Waals surface area (Å²) in [5, 5.41) is -0.417. The van der Waals surface area contributed by atoms with Crippen molar-refractivity contribution in [2.24, 2.45) is 0 Å². The van der Waals surface area contributed by atoms with E-state index in [1.165, 1.54) is 7.11 Å². The zero-order chi connectivity index (χ0) is 20.1. The molecule has 8 heteroatoms. The minimum Gasteiger partial charge on any atom is -0.493 e. The fourth-order valence-corrected chi connectivity index (χ4v) is 4.12. The zero-order valence-corrected chi connectivity index (χ0v) is 16.9. The molecule has 1 aromatic carbocycles. The maximum absolute atomic E-state index is 12.7. The van der Waals surface area contributed by atoms with Crippen LogP contribution in [0.1, 0.15) is 31.2 Å². The number of imide groups is 1. The third-order valence-electron chi connectivity index (χ3n) is 4.83. The van der Waals surface area contributed by atoms with E-state index < -0.39 is 11.1 Å². The number of methoxy groups -OCH3 is 2. The number of likely N-dealkylation sites (tertiary alicyclic amines) is 1. The van der Waals surface area contributed by atoms with E-state index in [1.807, 2.05) is 0 Å². The number of amides is 3. The second kappa shape index (κ2) is 9.14. The average molecular weight is 404 g/mol. The topological polar surface area (TPSA) is 76.2 Å². The SMILES string of the molecule is COc1ccc(/C=C2\SC(=O)N(CC(=O)N3CCCCCC3)C2=O)cc1OC. The number of thioether (sulfide) groups is 1. The summed E-state index contributed by atoms with van der Waals surface area (Å²) in [4.78, 5) is 40.6. The van der Waals surface area contributed by atoms with E-state index in [1.54, 1.807) is 36.3 Å². The molecule has 3 amide bonds. The first-order chi connectivity index (χ1) is 13.5. The van der Waals surface area contributed by atoms with Crippen LogP contribution in [0.5, 0.6) is 11.5 Å². The predicted molar refractivity (Wildman–Crippen MR) is 107 cm³/mol. The second-order valence-corrected chi connectivity index (χ2v) is 7.67. The molecule has 2 aliphatic rings. The first-order valence-corrected chi connectivity index (χ1v) is 10.1. The molecule has 0 spiro atoms. The van der Waals surface area contributed by atoms with Gasteiger partial charge in [-0.25, -0.2) is 0 Å². The monoisotopic (exact) mass is 404 g/mol. The molecule has 0 unspecified atom stereocenters. The zero-order valence-electron chi connectivity index (χ0n) is 16.1. The minimum atomic E-state index is -0.437. The van der Waals surface area contributed by atoms with Gasteiger partial charge in [0.25, 0.3) is 11.1 Å². The van der Waals surface area contributed by atoms with E-state index in [-0.39, 0.29) is 12.5 Å². The average Bonchev–Trinajstić information content (AvgIpc) is 2.91. The molecule has 2 saturated heterocycles. The number of hydrogen-bond donors (Lipinski definition) is 0. The van der Waals surface area contributed by atoms with E-state index in [4.69, 9.17) is 9.47 Å². The van der Waals surface area contributed by atoms with Crippen molar-refractivity contribution in [1.82, 2.24) is 9.80 Å². The number of carbonyl (C=O) groups is 3. The smallest absolute Gasteiger partial charge is 0.294 e. The van der Waals surface area contributed by atoms with Crippen molar-refractivity contribution in [3.63, 3.8) is 0 Å². The summed E-state index contributed by atoms with van der Waals surface area (Å²) in [6.07, 6.45) is 5.78. The Labute approximate surface area is 168 Å². The fourth-order valence-electron chi connectivity index (χ4n) is 3.29. The van der Waals surface area contributed by atoms with Crippen molar-refractivity contribution in [3.05, 3.63) is 28.7 Å². The predicted octanol–water partition coefficient (Wildman–Crippen LogP) is 3.14. The molecule has 7 nitrogen and oxygen atoms in total. The van der Waals surface area contributed by atoms with Gasteiger partial charge < -0.3 is 14.4 Å². The summed E-state index contributed by atoms with van der Waals surface area (Å²) in [6, 6.07) is 5.24. The van der Waals surface area contributed by atoms with Crippen LogP contribution < -0.4 is 9.47 Å². The number of nitrogens with zero attached hydrogens (tertiary/aromatic N) is 2. The van der Waals surface area contributed by atoms with Crippen LogP contribution >= 0.6 is 11.8 Å². The van der Waals surface area contributed by atoms with Crippen LogP contribution in [0.4, 0.5) is 4.79 Å². The summed E-state index contributed by atoms with van der Waals surface area (Å²) in [7, 11) is 3.08. The fraction of sp³-hybridized carbons (Fsp3) is 0.450. The van der Waals surface area contributed by atoms with Crippen LogP contribution in [0.15, 0.2) is 23.1 Å². The van der Waals surface area contributed by atoms with Crippen molar-refractivity contribution in [3.8, 4) is 11.5 Å². The molecule has 2 heterocycles. The summed E-state index contributed by atoms with van der Waals surface area (Å²) < 4.78 is 10.5. The van der Waals surface area contributed by atoms with E-state index in [9.17, 15) is 14.4 Å². The van der Waals surface area contributed by atoms with E-state index in [0.717, 1.165) is 42.3 Å². The molecule has 28 heavy (non-hydrogen) atoms. The summed E-state index contributed by atoms with van der Waals surface area (Å²) in [5.74, 6) is 0.507. The Morgan fingerprint density at radius 3 is 2.39 bits per heavy atom. The van der Waals surface area contributed by atoms with E-state index in [2.05, 4.69) is 0 Å². The minimum absolute atomic E-state index is 0.170. The number of hydrogen-bond acceptors (Lipinski definition) is 6. The molecule has 0 aromatic heterocycles. The number of benzene rings is 1. The Kier molecular flexibility index (Phi) is 6.61. The molecule has 0 N–H and O–H groups in total. The highest BCUT2D eigenvalue weighted by Gasteiger charge is 2.37. The standard InChI is InChI=1S/C20H24N2O5S/c1-26-15-8-7-14(11-16(15)27-2)12-17-19(24)22(20(25)28-17)13-18(23)21-9-5-3-4-6-10-21/h7-8,11-12H,3-6,9-10,13H2,1-2H3/b17-12-.